The first kappa shape index (κ1) is 6.01. The van der Waals surface area contributed by atoms with Crippen molar-refractivity contribution >= 4 is 0 Å². The van der Waals surface area contributed by atoms with Crippen LogP contribution >= 0.6 is 0 Å². The van der Waals surface area contributed by atoms with Gasteiger partial charge in [-0.3, -0.25) is 5.84 Å². The third-order valence-electron chi connectivity index (χ3n) is 1.70. The summed E-state index contributed by atoms with van der Waals surface area (Å²) in [5.74, 6) is 5.07. The van der Waals surface area contributed by atoms with Gasteiger partial charge in [0.15, 0.2) is 0 Å². The first-order valence-corrected chi connectivity index (χ1v) is 2.97. The number of nitrogens with one attached hydrogen (secondary N) is 1. The van der Waals surface area contributed by atoms with E-state index in [4.69, 9.17) is 5.84 Å². The van der Waals surface area contributed by atoms with Crippen molar-refractivity contribution in [2.45, 2.75) is 31.4 Å². The highest BCUT2D eigenvalue weighted by atomic mass is 16.3. The molecule has 0 bridgehead atoms. The van der Waals surface area contributed by atoms with Crippen molar-refractivity contribution in [3.63, 3.8) is 0 Å². The topological polar surface area (TPSA) is 58.3 Å². The van der Waals surface area contributed by atoms with Crippen LogP contribution < -0.4 is 11.3 Å². The second-order valence-electron chi connectivity index (χ2n) is 2.38. The molecule has 3 nitrogen and oxygen atoms in total. The fourth-order valence-corrected chi connectivity index (χ4v) is 1.10. The maximum Gasteiger partial charge on any atom is 0.128 e. The molecule has 0 aliphatic heterocycles. The Labute approximate surface area is 48.8 Å². The molecule has 8 heavy (non-hydrogen) atoms. The Bertz CT molecular complexity index is 78.5. The maximum atomic E-state index is 9.26. The first-order chi connectivity index (χ1) is 3.77. The molecule has 1 aliphatic carbocycles. The van der Waals surface area contributed by atoms with Crippen LogP contribution in [0.25, 0.3) is 0 Å². The number of rotatable bonds is 1. The molecule has 0 amide bonds. The van der Waals surface area contributed by atoms with Crippen LogP contribution in [0.5, 0.6) is 0 Å². The van der Waals surface area contributed by atoms with E-state index in [0.717, 1.165) is 25.7 Å². The van der Waals surface area contributed by atoms with Gasteiger partial charge in [0.25, 0.3) is 0 Å². The summed E-state index contributed by atoms with van der Waals surface area (Å²) < 4.78 is 0. The number of hydrogen-bond acceptors (Lipinski definition) is 3. The van der Waals surface area contributed by atoms with Crippen molar-refractivity contribution in [2.75, 3.05) is 0 Å². The Morgan fingerprint density at radius 2 is 1.88 bits per heavy atom. The molecule has 1 fully saturated rings. The Balaban J connectivity index is 2.40. The SMILES string of the molecule is NNC1(O)CCCC1. The molecular formula is C5H12N2O. The summed E-state index contributed by atoms with van der Waals surface area (Å²) in [4.78, 5) is 0. The summed E-state index contributed by atoms with van der Waals surface area (Å²) in [5.41, 5.74) is 1.66. The molecule has 0 radical (unpaired) electrons. The van der Waals surface area contributed by atoms with Gasteiger partial charge in [0.1, 0.15) is 5.72 Å². The van der Waals surface area contributed by atoms with E-state index < -0.39 is 5.72 Å². The van der Waals surface area contributed by atoms with Crippen molar-refractivity contribution in [2.24, 2.45) is 5.84 Å². The Morgan fingerprint density at radius 1 is 1.38 bits per heavy atom. The zero-order valence-electron chi connectivity index (χ0n) is 4.85. The lowest BCUT2D eigenvalue weighted by Gasteiger charge is -2.19. The molecule has 0 aromatic rings. The predicted octanol–water partition coefficient (Wildman–Crippen LogP) is -0.288. The van der Waals surface area contributed by atoms with E-state index in [-0.39, 0.29) is 0 Å². The number of hydrazine groups is 1. The maximum absolute atomic E-state index is 9.26. The molecule has 0 saturated heterocycles. The molecule has 0 aromatic heterocycles. The van der Waals surface area contributed by atoms with E-state index >= 15 is 0 Å². The Morgan fingerprint density at radius 3 is 2.12 bits per heavy atom. The second-order valence-corrected chi connectivity index (χ2v) is 2.38. The van der Waals surface area contributed by atoms with Crippen molar-refractivity contribution < 1.29 is 5.11 Å². The van der Waals surface area contributed by atoms with Crippen LogP contribution in [0, 0.1) is 0 Å². The van der Waals surface area contributed by atoms with Crippen LogP contribution in [0.2, 0.25) is 0 Å². The number of aliphatic hydroxyl groups is 1. The van der Waals surface area contributed by atoms with Gasteiger partial charge in [-0.1, -0.05) is 0 Å². The molecule has 1 aliphatic rings. The van der Waals surface area contributed by atoms with Crippen LogP contribution in [0.15, 0.2) is 0 Å². The van der Waals surface area contributed by atoms with E-state index in [1.807, 2.05) is 0 Å². The lowest BCUT2D eigenvalue weighted by Crippen LogP contribution is -2.46. The fraction of sp³-hybridized carbons (Fsp3) is 1.00. The summed E-state index contributed by atoms with van der Waals surface area (Å²) in [5, 5.41) is 9.26. The smallest absolute Gasteiger partial charge is 0.128 e. The molecule has 1 rings (SSSR count). The van der Waals surface area contributed by atoms with E-state index in [1.165, 1.54) is 0 Å². The van der Waals surface area contributed by atoms with Crippen LogP contribution in [0.1, 0.15) is 25.7 Å². The Hall–Kier alpha value is -0.120. The quantitative estimate of drug-likeness (QED) is 0.251. The summed E-state index contributed by atoms with van der Waals surface area (Å²) in [7, 11) is 0. The summed E-state index contributed by atoms with van der Waals surface area (Å²) >= 11 is 0. The molecule has 3 heteroatoms. The third kappa shape index (κ3) is 0.992. The van der Waals surface area contributed by atoms with Crippen molar-refractivity contribution in [3.05, 3.63) is 0 Å². The van der Waals surface area contributed by atoms with E-state index in [1.54, 1.807) is 0 Å². The summed E-state index contributed by atoms with van der Waals surface area (Å²) in [6.45, 7) is 0. The monoisotopic (exact) mass is 116 g/mol. The van der Waals surface area contributed by atoms with Crippen LogP contribution in [0.4, 0.5) is 0 Å². The molecule has 0 aromatic carbocycles. The van der Waals surface area contributed by atoms with Crippen LogP contribution in [0.3, 0.4) is 0 Å². The van der Waals surface area contributed by atoms with Gasteiger partial charge in [0.2, 0.25) is 0 Å². The van der Waals surface area contributed by atoms with Crippen LogP contribution in [-0.4, -0.2) is 10.8 Å². The minimum Gasteiger partial charge on any atom is -0.375 e. The van der Waals surface area contributed by atoms with Gasteiger partial charge in [-0.2, -0.15) is 0 Å². The molecule has 0 spiro atoms. The van der Waals surface area contributed by atoms with Gasteiger partial charge < -0.3 is 5.11 Å². The van der Waals surface area contributed by atoms with Crippen molar-refractivity contribution in [1.82, 2.24) is 5.43 Å². The summed E-state index contributed by atoms with van der Waals surface area (Å²) in [6, 6.07) is 0. The first-order valence-electron chi connectivity index (χ1n) is 2.97. The lowest BCUT2D eigenvalue weighted by molar-refractivity contribution is 0.0124. The fourth-order valence-electron chi connectivity index (χ4n) is 1.10. The van der Waals surface area contributed by atoms with Crippen LogP contribution in [-0.2, 0) is 0 Å². The molecule has 0 heterocycles. The zero-order chi connectivity index (χ0) is 6.04. The average molecular weight is 116 g/mol. The molecule has 1 saturated carbocycles. The number of nitrogens with two attached hydrogens (primary N) is 1. The standard InChI is InChI=1S/C5H12N2O/c6-7-5(8)3-1-2-4-5/h7-8H,1-4,6H2. The number of hydrogen-bond donors (Lipinski definition) is 3. The molecule has 4 N–H and O–H groups in total. The molecular weight excluding hydrogens is 104 g/mol. The largest absolute Gasteiger partial charge is 0.375 e. The average Bonchev–Trinajstić information content (AvgIpc) is 2.17. The van der Waals surface area contributed by atoms with Gasteiger partial charge in [-0.25, -0.2) is 5.43 Å². The van der Waals surface area contributed by atoms with Gasteiger partial charge in [-0.15, -0.1) is 0 Å². The molecule has 48 valence electrons. The van der Waals surface area contributed by atoms with Crippen molar-refractivity contribution in [1.29, 1.82) is 0 Å². The molecule has 0 unspecified atom stereocenters. The highest BCUT2D eigenvalue weighted by molar-refractivity contribution is 4.78. The lowest BCUT2D eigenvalue weighted by atomic mass is 10.2. The van der Waals surface area contributed by atoms with E-state index in [0.29, 0.717) is 0 Å². The zero-order valence-corrected chi connectivity index (χ0v) is 4.85. The normalized spacial score (nSPS) is 26.2. The highest BCUT2D eigenvalue weighted by Gasteiger charge is 2.28. The second kappa shape index (κ2) is 2.01. The van der Waals surface area contributed by atoms with Gasteiger partial charge in [0, 0.05) is 0 Å². The van der Waals surface area contributed by atoms with Crippen molar-refractivity contribution in [3.8, 4) is 0 Å². The minimum absolute atomic E-state index is 0.736. The van der Waals surface area contributed by atoms with Gasteiger partial charge >= 0.3 is 0 Å². The summed E-state index contributed by atoms with van der Waals surface area (Å²) in [6.07, 6.45) is 3.76. The van der Waals surface area contributed by atoms with E-state index in [2.05, 4.69) is 5.43 Å². The minimum atomic E-state index is -0.736. The highest BCUT2D eigenvalue weighted by Crippen LogP contribution is 2.25. The van der Waals surface area contributed by atoms with Gasteiger partial charge in [-0.05, 0) is 25.7 Å². The van der Waals surface area contributed by atoms with E-state index in [9.17, 15) is 5.11 Å². The predicted molar refractivity (Wildman–Crippen MR) is 30.7 cm³/mol. The Kier molecular flexibility index (Phi) is 1.51. The van der Waals surface area contributed by atoms with Gasteiger partial charge in [0.05, 0.1) is 0 Å². The molecule has 0 atom stereocenters. The third-order valence-corrected chi connectivity index (χ3v) is 1.70.